The van der Waals surface area contributed by atoms with E-state index >= 15 is 0 Å². The third-order valence-corrected chi connectivity index (χ3v) is 6.22. The zero-order valence-corrected chi connectivity index (χ0v) is 18.6. The van der Waals surface area contributed by atoms with Crippen molar-refractivity contribution >= 4 is 46.2 Å². The molecule has 2 rings (SSSR count). The van der Waals surface area contributed by atoms with E-state index in [1.807, 2.05) is 22.6 Å². The lowest BCUT2D eigenvalue weighted by Crippen LogP contribution is -2.58. The molecule has 0 spiro atoms. The van der Waals surface area contributed by atoms with Crippen molar-refractivity contribution in [2.24, 2.45) is 0 Å². The predicted octanol–water partition coefficient (Wildman–Crippen LogP) is 3.45. The normalized spacial score (nSPS) is 17.9. The summed E-state index contributed by atoms with van der Waals surface area (Å²) in [5.74, 6) is -1.18. The van der Waals surface area contributed by atoms with E-state index in [-0.39, 0.29) is 31.8 Å². The first-order valence-electron chi connectivity index (χ1n) is 8.50. The number of piperazine rings is 1. The molecule has 0 aromatic heterocycles. The van der Waals surface area contributed by atoms with Crippen LogP contribution in [0.2, 0.25) is 5.02 Å². The highest BCUT2D eigenvalue weighted by Gasteiger charge is 2.35. The molecule has 6 nitrogen and oxygen atoms in total. The Bertz CT molecular complexity index is 754. The molecule has 0 radical (unpaired) electrons. The van der Waals surface area contributed by atoms with Crippen LogP contribution in [0.5, 0.6) is 0 Å². The van der Waals surface area contributed by atoms with Crippen LogP contribution >= 0.6 is 34.2 Å². The number of halogens is 3. The van der Waals surface area contributed by atoms with Gasteiger partial charge in [-0.2, -0.15) is 0 Å². The number of ether oxygens (including phenoxy) is 1. The molecule has 1 fully saturated rings. The Balaban J connectivity index is 2.21. The van der Waals surface area contributed by atoms with Gasteiger partial charge in [0, 0.05) is 28.8 Å². The third-order valence-electron chi connectivity index (χ3n) is 4.21. The summed E-state index contributed by atoms with van der Waals surface area (Å²) in [5, 5.41) is 10.0. The van der Waals surface area contributed by atoms with Gasteiger partial charge in [0.25, 0.3) is 5.91 Å². The summed E-state index contributed by atoms with van der Waals surface area (Å²) in [6.07, 6.45) is -0.507. The van der Waals surface area contributed by atoms with Gasteiger partial charge in [0.1, 0.15) is 11.4 Å². The van der Waals surface area contributed by atoms with E-state index in [4.69, 9.17) is 16.3 Å². The summed E-state index contributed by atoms with van der Waals surface area (Å²) >= 11 is 8.03. The molecule has 1 atom stereocenters. The first-order valence-corrected chi connectivity index (χ1v) is 9.95. The lowest BCUT2D eigenvalue weighted by molar-refractivity contribution is -0.00255. The number of carbonyl (C=O) groups excluding carboxylic acids is 2. The van der Waals surface area contributed by atoms with Gasteiger partial charge in [0.2, 0.25) is 0 Å². The Kier molecular flexibility index (Phi) is 6.96. The van der Waals surface area contributed by atoms with E-state index in [2.05, 4.69) is 0 Å². The van der Waals surface area contributed by atoms with Gasteiger partial charge in [0.05, 0.1) is 23.2 Å². The number of amides is 2. The van der Waals surface area contributed by atoms with E-state index in [1.54, 1.807) is 27.7 Å². The first-order chi connectivity index (χ1) is 12.5. The monoisotopic (exact) mass is 512 g/mol. The van der Waals surface area contributed by atoms with Gasteiger partial charge < -0.3 is 19.6 Å². The second-order valence-corrected chi connectivity index (χ2v) is 8.91. The highest BCUT2D eigenvalue weighted by atomic mass is 127. The quantitative estimate of drug-likeness (QED) is 0.487. The van der Waals surface area contributed by atoms with Crippen LogP contribution in [0.3, 0.4) is 0 Å². The molecule has 1 aromatic carbocycles. The lowest BCUT2D eigenvalue weighted by Gasteiger charge is -2.41. The van der Waals surface area contributed by atoms with Gasteiger partial charge in [0.15, 0.2) is 0 Å². The standard InChI is InChI=1S/C18H23ClFIN2O4/c1-10-14(20)12(7-13(19)15(10)21)16(25)23-6-5-22(8-11(23)9-24)17(26)27-18(2,3)4/h7,11,24H,5-6,8-9H2,1-4H3/t11-/m1/s1. The van der Waals surface area contributed by atoms with E-state index in [0.29, 0.717) is 14.2 Å². The molecule has 1 aromatic rings. The molecule has 0 unspecified atom stereocenters. The molecule has 1 heterocycles. The van der Waals surface area contributed by atoms with Gasteiger partial charge in [-0.3, -0.25) is 4.79 Å². The van der Waals surface area contributed by atoms with Crippen LogP contribution in [-0.2, 0) is 4.74 Å². The molecular formula is C18H23ClFIN2O4. The molecular weight excluding hydrogens is 490 g/mol. The van der Waals surface area contributed by atoms with E-state index in [0.717, 1.165) is 0 Å². The highest BCUT2D eigenvalue weighted by molar-refractivity contribution is 14.1. The molecule has 0 aliphatic carbocycles. The van der Waals surface area contributed by atoms with E-state index < -0.39 is 29.5 Å². The van der Waals surface area contributed by atoms with Crippen molar-refractivity contribution in [2.75, 3.05) is 26.2 Å². The Hall–Kier alpha value is -1.13. The minimum atomic E-state index is -0.656. The molecule has 9 heteroatoms. The number of benzene rings is 1. The summed E-state index contributed by atoms with van der Waals surface area (Å²) in [4.78, 5) is 28.0. The fourth-order valence-corrected chi connectivity index (χ4v) is 3.46. The summed E-state index contributed by atoms with van der Waals surface area (Å²) in [6.45, 7) is 6.99. The van der Waals surface area contributed by atoms with E-state index in [9.17, 15) is 19.1 Å². The molecule has 0 bridgehead atoms. The van der Waals surface area contributed by atoms with Crippen molar-refractivity contribution in [1.82, 2.24) is 9.80 Å². The number of aliphatic hydroxyl groups is 1. The molecule has 0 saturated carbocycles. The maximum atomic E-state index is 14.6. The van der Waals surface area contributed by atoms with Crippen LogP contribution in [0.4, 0.5) is 9.18 Å². The van der Waals surface area contributed by atoms with Crippen LogP contribution in [-0.4, -0.2) is 64.8 Å². The number of carbonyl (C=O) groups is 2. The van der Waals surface area contributed by atoms with Gasteiger partial charge in [-0.25, -0.2) is 9.18 Å². The summed E-state index contributed by atoms with van der Waals surface area (Å²) < 4.78 is 20.5. The average molecular weight is 513 g/mol. The van der Waals surface area contributed by atoms with Gasteiger partial charge >= 0.3 is 6.09 Å². The Morgan fingerprint density at radius 2 is 2.04 bits per heavy atom. The molecule has 150 valence electrons. The van der Waals surface area contributed by atoms with Crippen LogP contribution in [0.1, 0.15) is 36.7 Å². The van der Waals surface area contributed by atoms with Crippen LogP contribution in [0.25, 0.3) is 0 Å². The number of hydrogen-bond acceptors (Lipinski definition) is 4. The van der Waals surface area contributed by atoms with Crippen molar-refractivity contribution in [3.8, 4) is 0 Å². The molecule has 27 heavy (non-hydrogen) atoms. The molecule has 1 N–H and O–H groups in total. The van der Waals surface area contributed by atoms with Crippen LogP contribution < -0.4 is 0 Å². The molecule has 1 saturated heterocycles. The fourth-order valence-electron chi connectivity index (χ4n) is 2.81. The zero-order valence-electron chi connectivity index (χ0n) is 15.7. The van der Waals surface area contributed by atoms with Crippen molar-refractivity contribution in [1.29, 1.82) is 0 Å². The number of nitrogens with zero attached hydrogens (tertiary/aromatic N) is 2. The fraction of sp³-hybridized carbons (Fsp3) is 0.556. The summed E-state index contributed by atoms with van der Waals surface area (Å²) in [6, 6.07) is 0.652. The second-order valence-electron chi connectivity index (χ2n) is 7.42. The van der Waals surface area contributed by atoms with Gasteiger partial charge in [-0.05, 0) is 56.4 Å². The number of aliphatic hydroxyl groups excluding tert-OH is 1. The summed E-state index contributed by atoms with van der Waals surface area (Å²) in [7, 11) is 0. The van der Waals surface area contributed by atoms with Gasteiger partial charge in [-0.15, -0.1) is 0 Å². The SMILES string of the molecule is Cc1c(F)c(C(=O)N2CCN(C(=O)OC(C)(C)C)C[C@@H]2CO)cc(Cl)c1I. The predicted molar refractivity (Wildman–Crippen MR) is 109 cm³/mol. The van der Waals surface area contributed by atoms with Crippen molar-refractivity contribution < 1.29 is 23.8 Å². The molecule has 1 aliphatic rings. The van der Waals surface area contributed by atoms with Crippen molar-refractivity contribution in [3.05, 3.63) is 31.6 Å². The topological polar surface area (TPSA) is 70.1 Å². The third kappa shape index (κ3) is 5.03. The lowest BCUT2D eigenvalue weighted by atomic mass is 10.1. The minimum absolute atomic E-state index is 0.107. The maximum Gasteiger partial charge on any atom is 0.410 e. The maximum absolute atomic E-state index is 14.6. The first kappa shape index (κ1) is 22.2. The van der Waals surface area contributed by atoms with Crippen LogP contribution in [0.15, 0.2) is 6.07 Å². The Morgan fingerprint density at radius 1 is 1.41 bits per heavy atom. The number of hydrogen-bond donors (Lipinski definition) is 1. The average Bonchev–Trinajstić information content (AvgIpc) is 2.60. The van der Waals surface area contributed by atoms with Crippen molar-refractivity contribution in [3.63, 3.8) is 0 Å². The van der Waals surface area contributed by atoms with E-state index in [1.165, 1.54) is 15.9 Å². The van der Waals surface area contributed by atoms with Gasteiger partial charge in [-0.1, -0.05) is 11.6 Å². The zero-order chi connectivity index (χ0) is 20.5. The molecule has 1 aliphatic heterocycles. The minimum Gasteiger partial charge on any atom is -0.444 e. The largest absolute Gasteiger partial charge is 0.444 e. The van der Waals surface area contributed by atoms with Crippen LogP contribution in [0, 0.1) is 16.3 Å². The second kappa shape index (κ2) is 8.48. The number of rotatable bonds is 2. The Labute approximate surface area is 176 Å². The molecule has 2 amide bonds. The smallest absolute Gasteiger partial charge is 0.410 e. The summed E-state index contributed by atoms with van der Waals surface area (Å²) in [5.41, 5.74) is -0.474. The Morgan fingerprint density at radius 3 is 2.59 bits per heavy atom. The highest BCUT2D eigenvalue weighted by Crippen LogP contribution is 2.28. The van der Waals surface area contributed by atoms with Crippen molar-refractivity contribution in [2.45, 2.75) is 39.3 Å².